The Hall–Kier alpha value is -2.65. The van der Waals surface area contributed by atoms with E-state index in [-0.39, 0.29) is 0 Å². The molecule has 6 nitrogen and oxygen atoms in total. The first-order valence-corrected chi connectivity index (χ1v) is 8.02. The number of hydrogen-bond donors (Lipinski definition) is 1. The van der Waals surface area contributed by atoms with E-state index >= 15 is 0 Å². The zero-order valence-corrected chi connectivity index (χ0v) is 13.9. The number of methoxy groups -OCH3 is 1. The van der Waals surface area contributed by atoms with Crippen LogP contribution in [0.4, 0.5) is 5.82 Å². The average Bonchev–Trinajstić information content (AvgIpc) is 3.00. The molecule has 1 aromatic carbocycles. The zero-order chi connectivity index (χ0) is 16.9. The summed E-state index contributed by atoms with van der Waals surface area (Å²) in [6.45, 7) is 1.81. The highest BCUT2D eigenvalue weighted by Crippen LogP contribution is 2.36. The molecular weight excluding hydrogens is 302 g/mol. The Kier molecular flexibility index (Phi) is 4.92. The van der Waals surface area contributed by atoms with Crippen molar-refractivity contribution in [2.75, 3.05) is 32.6 Å². The van der Waals surface area contributed by atoms with Gasteiger partial charge in [0.05, 0.1) is 7.11 Å². The molecule has 6 heteroatoms. The molecule has 2 atom stereocenters. The Morgan fingerprint density at radius 1 is 1.29 bits per heavy atom. The minimum atomic E-state index is 0.338. The number of nitriles is 1. The summed E-state index contributed by atoms with van der Waals surface area (Å²) >= 11 is 0. The smallest absolute Gasteiger partial charge is 0.182 e. The first-order valence-electron chi connectivity index (χ1n) is 8.02. The van der Waals surface area contributed by atoms with Crippen LogP contribution in [0.1, 0.15) is 23.7 Å². The van der Waals surface area contributed by atoms with Gasteiger partial charge in [-0.2, -0.15) is 5.26 Å². The van der Waals surface area contributed by atoms with E-state index < -0.39 is 0 Å². The summed E-state index contributed by atoms with van der Waals surface area (Å²) in [4.78, 5) is 10.6. The van der Waals surface area contributed by atoms with Crippen LogP contribution >= 0.6 is 0 Å². The molecule has 24 heavy (non-hydrogen) atoms. The van der Waals surface area contributed by atoms with Crippen molar-refractivity contribution in [1.82, 2.24) is 14.9 Å². The number of nitrogens with one attached hydrogen (secondary N) is 1. The average molecular weight is 323 g/mol. The summed E-state index contributed by atoms with van der Waals surface area (Å²) in [5, 5.41) is 12.4. The lowest BCUT2D eigenvalue weighted by Gasteiger charge is -2.26. The Labute approximate surface area is 142 Å². The van der Waals surface area contributed by atoms with Crippen LogP contribution in [0.3, 0.4) is 0 Å². The molecule has 1 fully saturated rings. The summed E-state index contributed by atoms with van der Waals surface area (Å²) in [5.41, 5.74) is 1.62. The third kappa shape index (κ3) is 3.31. The first kappa shape index (κ1) is 16.2. The van der Waals surface area contributed by atoms with Gasteiger partial charge in [-0.05, 0) is 43.6 Å². The molecule has 0 saturated carbocycles. The molecule has 0 aliphatic carbocycles. The van der Waals surface area contributed by atoms with Crippen molar-refractivity contribution in [3.8, 4) is 11.8 Å². The second-order valence-electron chi connectivity index (χ2n) is 5.99. The molecule has 1 saturated heterocycles. The Balaban J connectivity index is 1.73. The number of rotatable bonds is 5. The molecule has 0 spiro atoms. The van der Waals surface area contributed by atoms with Crippen LogP contribution in [0, 0.1) is 17.2 Å². The summed E-state index contributed by atoms with van der Waals surface area (Å²) in [6, 6.07) is 10.7. The number of anilines is 1. The predicted octanol–water partition coefficient (Wildman–Crippen LogP) is 2.46. The number of hydrogen-bond acceptors (Lipinski definition) is 6. The van der Waals surface area contributed by atoms with Gasteiger partial charge in [-0.1, -0.05) is 12.1 Å². The summed E-state index contributed by atoms with van der Waals surface area (Å²) < 4.78 is 5.24. The lowest BCUT2D eigenvalue weighted by molar-refractivity contribution is 0.281. The lowest BCUT2D eigenvalue weighted by Crippen LogP contribution is -2.25. The Morgan fingerprint density at radius 2 is 2.04 bits per heavy atom. The van der Waals surface area contributed by atoms with E-state index in [1.807, 2.05) is 12.1 Å². The molecule has 0 bridgehead atoms. The fraction of sp³-hybridized carbons (Fsp3) is 0.389. The first-order chi connectivity index (χ1) is 11.7. The van der Waals surface area contributed by atoms with Crippen molar-refractivity contribution in [2.24, 2.45) is 5.92 Å². The third-order valence-corrected chi connectivity index (χ3v) is 4.57. The van der Waals surface area contributed by atoms with Gasteiger partial charge in [0.2, 0.25) is 0 Å². The van der Waals surface area contributed by atoms with Gasteiger partial charge in [-0.15, -0.1) is 0 Å². The molecule has 1 aliphatic heterocycles. The molecular formula is C18H21N5O. The maximum atomic E-state index is 9.12. The largest absolute Gasteiger partial charge is 0.497 e. The second kappa shape index (κ2) is 7.28. The van der Waals surface area contributed by atoms with E-state index in [0.717, 1.165) is 25.3 Å². The van der Waals surface area contributed by atoms with Crippen LogP contribution in [0.15, 0.2) is 36.7 Å². The van der Waals surface area contributed by atoms with Crippen LogP contribution in [-0.4, -0.2) is 42.1 Å². The minimum absolute atomic E-state index is 0.338. The summed E-state index contributed by atoms with van der Waals surface area (Å²) in [7, 11) is 3.83. The lowest BCUT2D eigenvalue weighted by atomic mass is 9.93. The maximum Gasteiger partial charge on any atom is 0.182 e. The van der Waals surface area contributed by atoms with E-state index in [0.29, 0.717) is 23.5 Å². The van der Waals surface area contributed by atoms with Crippen molar-refractivity contribution in [1.29, 1.82) is 5.26 Å². The number of benzene rings is 1. The van der Waals surface area contributed by atoms with Gasteiger partial charge < -0.3 is 10.1 Å². The zero-order valence-electron chi connectivity index (χ0n) is 13.9. The number of likely N-dealkylation sites (tertiary alicyclic amines) is 1. The van der Waals surface area contributed by atoms with E-state index in [1.54, 1.807) is 13.3 Å². The van der Waals surface area contributed by atoms with Crippen LogP contribution in [-0.2, 0) is 0 Å². The molecule has 2 aromatic rings. The molecule has 0 amide bonds. The van der Waals surface area contributed by atoms with E-state index in [4.69, 9.17) is 10.00 Å². The quantitative estimate of drug-likeness (QED) is 0.911. The summed E-state index contributed by atoms with van der Waals surface area (Å²) in [5.74, 6) is 1.87. The minimum Gasteiger partial charge on any atom is -0.497 e. The Bertz CT molecular complexity index is 725. The second-order valence-corrected chi connectivity index (χ2v) is 5.99. The number of nitrogens with zero attached hydrogens (tertiary/aromatic N) is 4. The molecule has 1 aromatic heterocycles. The normalized spacial score (nSPS) is 20.5. The van der Waals surface area contributed by atoms with Crippen LogP contribution < -0.4 is 10.1 Å². The van der Waals surface area contributed by atoms with Crippen LogP contribution in [0.25, 0.3) is 0 Å². The molecule has 1 N–H and O–H groups in total. The topological polar surface area (TPSA) is 74.1 Å². The van der Waals surface area contributed by atoms with E-state index in [2.05, 4.69) is 45.4 Å². The molecule has 3 rings (SSSR count). The van der Waals surface area contributed by atoms with Gasteiger partial charge in [0.1, 0.15) is 11.8 Å². The fourth-order valence-corrected chi connectivity index (χ4v) is 3.34. The van der Waals surface area contributed by atoms with Gasteiger partial charge in [0, 0.05) is 25.0 Å². The van der Waals surface area contributed by atoms with E-state index in [1.165, 1.54) is 11.8 Å². The van der Waals surface area contributed by atoms with Gasteiger partial charge in [-0.3, -0.25) is 4.90 Å². The van der Waals surface area contributed by atoms with Gasteiger partial charge in [0.15, 0.2) is 11.5 Å². The highest BCUT2D eigenvalue weighted by Gasteiger charge is 2.32. The van der Waals surface area contributed by atoms with Crippen molar-refractivity contribution in [3.05, 3.63) is 47.9 Å². The van der Waals surface area contributed by atoms with Crippen molar-refractivity contribution in [2.45, 2.75) is 12.5 Å². The molecule has 0 radical (unpaired) electrons. The molecule has 124 valence electrons. The number of aromatic nitrogens is 2. The van der Waals surface area contributed by atoms with Gasteiger partial charge >= 0.3 is 0 Å². The van der Waals surface area contributed by atoms with Crippen molar-refractivity contribution in [3.63, 3.8) is 0 Å². The molecule has 1 aliphatic rings. The van der Waals surface area contributed by atoms with Crippen molar-refractivity contribution >= 4 is 5.82 Å². The molecule has 2 heterocycles. The molecule has 0 unspecified atom stereocenters. The van der Waals surface area contributed by atoms with Gasteiger partial charge in [-0.25, -0.2) is 9.97 Å². The van der Waals surface area contributed by atoms with Crippen LogP contribution in [0.2, 0.25) is 0 Å². The standard InChI is InChI=1S/C18H21N5O/c1-23-10-7-14(12-22-18-16(11-19)20-8-9-21-18)17(23)13-3-5-15(24-2)6-4-13/h3-6,8-9,14,17H,7,10,12H2,1-2H3,(H,21,22)/t14-,17-/m0/s1. The van der Waals surface area contributed by atoms with Gasteiger partial charge in [0.25, 0.3) is 0 Å². The third-order valence-electron chi connectivity index (χ3n) is 4.57. The fourth-order valence-electron chi connectivity index (χ4n) is 3.34. The highest BCUT2D eigenvalue weighted by molar-refractivity contribution is 5.46. The van der Waals surface area contributed by atoms with E-state index in [9.17, 15) is 0 Å². The van der Waals surface area contributed by atoms with Crippen molar-refractivity contribution < 1.29 is 4.74 Å². The SMILES string of the molecule is COc1ccc([C@H]2[C@H](CNc3nccnc3C#N)CCN2C)cc1. The van der Waals surface area contributed by atoms with Crippen LogP contribution in [0.5, 0.6) is 5.75 Å². The highest BCUT2D eigenvalue weighted by atomic mass is 16.5. The summed E-state index contributed by atoms with van der Waals surface area (Å²) in [6.07, 6.45) is 4.24. The predicted molar refractivity (Wildman–Crippen MR) is 91.7 cm³/mol. The monoisotopic (exact) mass is 323 g/mol. The maximum absolute atomic E-state index is 9.12. The Morgan fingerprint density at radius 3 is 2.75 bits per heavy atom. The number of ether oxygens (including phenoxy) is 1.